The zero-order chi connectivity index (χ0) is 20.5. The van der Waals surface area contributed by atoms with Gasteiger partial charge in [0.1, 0.15) is 0 Å². The molecular weight excluding hydrogens is 378 g/mol. The van der Waals surface area contributed by atoms with Crippen molar-refractivity contribution in [1.82, 2.24) is 14.8 Å². The number of rotatable bonds is 4. The lowest BCUT2D eigenvalue weighted by Crippen LogP contribution is -2.56. The third-order valence-electron chi connectivity index (χ3n) is 6.69. The number of carbonyl (C=O) groups is 2. The zero-order valence-corrected chi connectivity index (χ0v) is 17.0. The summed E-state index contributed by atoms with van der Waals surface area (Å²) in [4.78, 5) is 33.0. The Morgan fingerprint density at radius 2 is 2.00 bits per heavy atom. The monoisotopic (exact) mass is 405 g/mol. The first-order valence-corrected chi connectivity index (χ1v) is 10.9. The van der Waals surface area contributed by atoms with Crippen LogP contribution in [0.3, 0.4) is 0 Å². The number of aromatic amines is 1. The maximum Gasteiger partial charge on any atom is 0.289 e. The number of aromatic nitrogens is 1. The Kier molecular flexibility index (Phi) is 5.07. The molecule has 5 rings (SSSR count). The molecule has 2 saturated heterocycles. The fourth-order valence-electron chi connectivity index (χ4n) is 5.18. The lowest BCUT2D eigenvalue weighted by Gasteiger charge is -2.47. The minimum absolute atomic E-state index is 0.0405. The number of nitrogens with one attached hydrogen (secondary N) is 1. The highest BCUT2D eigenvalue weighted by Crippen LogP contribution is 2.32. The van der Waals surface area contributed by atoms with Gasteiger partial charge in [-0.2, -0.15) is 0 Å². The molecule has 30 heavy (non-hydrogen) atoms. The molecule has 6 nitrogen and oxygen atoms in total. The Morgan fingerprint density at radius 1 is 1.10 bits per heavy atom. The van der Waals surface area contributed by atoms with Crippen LogP contribution in [0, 0.1) is 5.92 Å². The summed E-state index contributed by atoms with van der Waals surface area (Å²) in [7, 11) is 0. The van der Waals surface area contributed by atoms with E-state index >= 15 is 0 Å². The van der Waals surface area contributed by atoms with E-state index in [-0.39, 0.29) is 17.9 Å². The van der Waals surface area contributed by atoms with Crippen molar-refractivity contribution >= 4 is 22.7 Å². The minimum atomic E-state index is -0.0405. The standard InChI is InChI=1S/C24H27N3O3/c28-23(10-9-17-15-25-20-7-2-1-6-19(17)20)27-12-3-5-18-16-26(13-11-21(18)27)24(29)22-8-4-14-30-22/h1-2,4,6-8,14-15,18,21,25H,3,5,9-13,16H2/t18-,21+/m1/s1. The van der Waals surface area contributed by atoms with Gasteiger partial charge in [0.2, 0.25) is 5.91 Å². The number of amides is 2. The molecule has 2 fully saturated rings. The largest absolute Gasteiger partial charge is 0.459 e. The first-order chi connectivity index (χ1) is 14.7. The molecule has 2 aromatic heterocycles. The molecule has 2 aliphatic rings. The Hall–Kier alpha value is -3.02. The average Bonchev–Trinajstić information content (AvgIpc) is 3.46. The van der Waals surface area contributed by atoms with E-state index in [1.54, 1.807) is 12.1 Å². The average molecular weight is 405 g/mol. The van der Waals surface area contributed by atoms with Gasteiger partial charge in [-0.25, -0.2) is 0 Å². The molecule has 6 heteroatoms. The van der Waals surface area contributed by atoms with Gasteiger partial charge < -0.3 is 19.2 Å². The molecular formula is C24H27N3O3. The van der Waals surface area contributed by atoms with E-state index in [0.29, 0.717) is 31.2 Å². The van der Waals surface area contributed by atoms with Crippen LogP contribution >= 0.6 is 0 Å². The van der Waals surface area contributed by atoms with Crippen molar-refractivity contribution in [2.75, 3.05) is 19.6 Å². The van der Waals surface area contributed by atoms with Gasteiger partial charge in [-0.1, -0.05) is 18.2 Å². The molecule has 1 aromatic carbocycles. The van der Waals surface area contributed by atoms with E-state index in [4.69, 9.17) is 4.42 Å². The summed E-state index contributed by atoms with van der Waals surface area (Å²) in [5, 5.41) is 1.20. The highest BCUT2D eigenvalue weighted by molar-refractivity contribution is 5.91. The van der Waals surface area contributed by atoms with Crippen LogP contribution in [0.1, 0.15) is 41.8 Å². The maximum atomic E-state index is 13.1. The van der Waals surface area contributed by atoms with Gasteiger partial charge in [0.05, 0.1) is 6.26 Å². The third-order valence-corrected chi connectivity index (χ3v) is 6.69. The van der Waals surface area contributed by atoms with Crippen LogP contribution in [-0.2, 0) is 11.2 Å². The van der Waals surface area contributed by atoms with Gasteiger partial charge in [-0.15, -0.1) is 0 Å². The number of fused-ring (bicyclic) bond motifs is 2. The Labute approximate surface area is 175 Å². The summed E-state index contributed by atoms with van der Waals surface area (Å²) in [6.07, 6.45) is 7.75. The topological polar surface area (TPSA) is 69.6 Å². The summed E-state index contributed by atoms with van der Waals surface area (Å²) < 4.78 is 5.28. The van der Waals surface area contributed by atoms with Crippen molar-refractivity contribution in [1.29, 1.82) is 0 Å². The summed E-state index contributed by atoms with van der Waals surface area (Å²) in [6, 6.07) is 11.9. The highest BCUT2D eigenvalue weighted by Gasteiger charge is 2.39. The second kappa shape index (κ2) is 8.01. The fraction of sp³-hybridized carbons (Fsp3) is 0.417. The number of aryl methyl sites for hydroxylation is 1. The molecule has 0 unspecified atom stereocenters. The normalized spacial score (nSPS) is 21.6. The SMILES string of the molecule is O=C(c1ccco1)N1CC[C@H]2[C@H](CCCN2C(=O)CCc2c[nH]c3ccccc23)C1. The van der Waals surface area contributed by atoms with E-state index in [0.717, 1.165) is 37.7 Å². The van der Waals surface area contributed by atoms with Crippen LogP contribution in [0.4, 0.5) is 0 Å². The number of nitrogens with zero attached hydrogens (tertiary/aromatic N) is 2. The third kappa shape index (κ3) is 3.51. The van der Waals surface area contributed by atoms with Gasteiger partial charge in [-0.3, -0.25) is 9.59 Å². The molecule has 0 radical (unpaired) electrons. The van der Waals surface area contributed by atoms with Crippen molar-refractivity contribution in [3.63, 3.8) is 0 Å². The number of furan rings is 1. The summed E-state index contributed by atoms with van der Waals surface area (Å²) in [6.45, 7) is 2.21. The molecule has 0 aliphatic carbocycles. The molecule has 0 spiro atoms. The number of hydrogen-bond acceptors (Lipinski definition) is 3. The minimum Gasteiger partial charge on any atom is -0.459 e. The number of hydrogen-bond donors (Lipinski definition) is 1. The van der Waals surface area contributed by atoms with Gasteiger partial charge >= 0.3 is 0 Å². The van der Waals surface area contributed by atoms with Gasteiger partial charge in [0, 0.05) is 49.2 Å². The smallest absolute Gasteiger partial charge is 0.289 e. The van der Waals surface area contributed by atoms with Crippen LogP contribution < -0.4 is 0 Å². The lowest BCUT2D eigenvalue weighted by molar-refractivity contribution is -0.137. The first-order valence-electron chi connectivity index (χ1n) is 10.9. The molecule has 2 amide bonds. The van der Waals surface area contributed by atoms with Crippen molar-refractivity contribution in [3.8, 4) is 0 Å². The van der Waals surface area contributed by atoms with Crippen LogP contribution in [-0.4, -0.2) is 52.3 Å². The van der Waals surface area contributed by atoms with Crippen LogP contribution in [0.15, 0.2) is 53.3 Å². The summed E-state index contributed by atoms with van der Waals surface area (Å²) >= 11 is 0. The number of likely N-dealkylation sites (tertiary alicyclic amines) is 2. The molecule has 0 bridgehead atoms. The number of carbonyl (C=O) groups excluding carboxylic acids is 2. The molecule has 4 heterocycles. The van der Waals surface area contributed by atoms with Gasteiger partial charge in [-0.05, 0) is 55.4 Å². The number of benzene rings is 1. The van der Waals surface area contributed by atoms with E-state index in [2.05, 4.69) is 22.0 Å². The number of H-pyrrole nitrogens is 1. The van der Waals surface area contributed by atoms with Crippen molar-refractivity contribution in [2.45, 2.75) is 38.1 Å². The Bertz CT molecular complexity index is 1040. The van der Waals surface area contributed by atoms with Crippen molar-refractivity contribution in [3.05, 3.63) is 60.2 Å². The van der Waals surface area contributed by atoms with Gasteiger partial charge in [0.15, 0.2) is 5.76 Å². The van der Waals surface area contributed by atoms with Crippen molar-refractivity contribution < 1.29 is 14.0 Å². The van der Waals surface area contributed by atoms with Crippen molar-refractivity contribution in [2.24, 2.45) is 5.92 Å². The molecule has 0 saturated carbocycles. The predicted octanol–water partition coefficient (Wildman–Crippen LogP) is 3.85. The second-order valence-electron chi connectivity index (χ2n) is 8.43. The predicted molar refractivity (Wildman–Crippen MR) is 114 cm³/mol. The first kappa shape index (κ1) is 19.0. The Morgan fingerprint density at radius 3 is 2.87 bits per heavy atom. The van der Waals surface area contributed by atoms with Crippen LogP contribution in [0.5, 0.6) is 0 Å². The fourth-order valence-corrected chi connectivity index (χ4v) is 5.18. The van der Waals surface area contributed by atoms with Crippen LogP contribution in [0.25, 0.3) is 10.9 Å². The highest BCUT2D eigenvalue weighted by atomic mass is 16.3. The zero-order valence-electron chi connectivity index (χ0n) is 17.0. The van der Waals surface area contributed by atoms with E-state index < -0.39 is 0 Å². The molecule has 2 aliphatic heterocycles. The molecule has 3 aromatic rings. The quantitative estimate of drug-likeness (QED) is 0.717. The second-order valence-corrected chi connectivity index (χ2v) is 8.43. The molecule has 1 N–H and O–H groups in total. The molecule has 2 atom stereocenters. The van der Waals surface area contributed by atoms with E-state index in [1.807, 2.05) is 23.2 Å². The lowest BCUT2D eigenvalue weighted by atomic mass is 9.83. The summed E-state index contributed by atoms with van der Waals surface area (Å²) in [5.74, 6) is 0.946. The Balaban J connectivity index is 1.22. The van der Waals surface area contributed by atoms with E-state index in [1.165, 1.54) is 17.2 Å². The maximum absolute atomic E-state index is 13.1. The molecule has 156 valence electrons. The summed E-state index contributed by atoms with van der Waals surface area (Å²) in [5.41, 5.74) is 2.32. The number of piperidine rings is 2. The van der Waals surface area contributed by atoms with E-state index in [9.17, 15) is 9.59 Å². The van der Waals surface area contributed by atoms with Crippen LogP contribution in [0.2, 0.25) is 0 Å². The number of para-hydroxylation sites is 1. The van der Waals surface area contributed by atoms with Gasteiger partial charge in [0.25, 0.3) is 5.91 Å².